The van der Waals surface area contributed by atoms with Gasteiger partial charge < -0.3 is 9.47 Å². The first-order valence-corrected chi connectivity index (χ1v) is 13.1. The Hall–Kier alpha value is -2.39. The van der Waals surface area contributed by atoms with E-state index >= 15 is 0 Å². The van der Waals surface area contributed by atoms with Gasteiger partial charge in [0, 0.05) is 20.6 Å². The molecule has 0 N–H and O–H groups in total. The van der Waals surface area contributed by atoms with Crippen LogP contribution in [-0.4, -0.2) is 51.4 Å². The van der Waals surface area contributed by atoms with Gasteiger partial charge in [0.15, 0.2) is 5.82 Å². The maximum absolute atomic E-state index is 7.46. The zero-order valence-electron chi connectivity index (χ0n) is 19.3. The molecule has 3 aromatic heterocycles. The summed E-state index contributed by atoms with van der Waals surface area (Å²) in [6.07, 6.45) is 6.59. The van der Waals surface area contributed by atoms with Gasteiger partial charge in [-0.25, -0.2) is 24.6 Å². The highest BCUT2D eigenvalue weighted by Gasteiger charge is 2.31. The molecule has 0 bridgehead atoms. The van der Waals surface area contributed by atoms with Crippen LogP contribution in [0.25, 0.3) is 22.4 Å². The highest BCUT2D eigenvalue weighted by molar-refractivity contribution is 6.76. The molecule has 0 spiro atoms. The predicted molar refractivity (Wildman–Crippen MR) is 109 cm³/mol. The molecule has 1 aliphatic carbocycles. The lowest BCUT2D eigenvalue weighted by molar-refractivity contribution is 0.0816. The minimum Gasteiger partial charge on any atom is -0.480 e. The van der Waals surface area contributed by atoms with E-state index in [4.69, 9.17) is 13.6 Å². The van der Waals surface area contributed by atoms with E-state index < -0.39 is 15.1 Å². The summed E-state index contributed by atoms with van der Waals surface area (Å²) in [7, 11) is -3.79. The fourth-order valence-corrected chi connectivity index (χ4v) is 3.71. The first-order chi connectivity index (χ1) is 14.6. The summed E-state index contributed by atoms with van der Waals surface area (Å²) in [6, 6.07) is 1.08. The molecule has 0 radical (unpaired) electrons. The predicted octanol–water partition coefficient (Wildman–Crippen LogP) is 3.48. The third-order valence-electron chi connectivity index (χ3n) is 4.73. The molecule has 1 aliphatic rings. The van der Waals surface area contributed by atoms with Gasteiger partial charge in [-0.1, -0.05) is 19.6 Å². The second-order valence-corrected chi connectivity index (χ2v) is 13.9. The summed E-state index contributed by atoms with van der Waals surface area (Å²) < 4.78 is 35.0. The molecule has 0 aromatic carbocycles. The highest BCUT2D eigenvalue weighted by Crippen LogP contribution is 2.44. The smallest absolute Gasteiger partial charge is 0.227 e. The van der Waals surface area contributed by atoms with Crippen molar-refractivity contribution in [2.75, 3.05) is 13.6 Å². The Balaban J connectivity index is 1.62. The first-order valence-electron chi connectivity index (χ1n) is 10.9. The van der Waals surface area contributed by atoms with Crippen LogP contribution in [0.1, 0.15) is 28.6 Å². The summed E-state index contributed by atoms with van der Waals surface area (Å²) in [5, 5.41) is 4.36. The molecule has 4 rings (SSSR count). The van der Waals surface area contributed by atoms with Crippen LogP contribution in [0, 0.1) is 0 Å². The van der Waals surface area contributed by atoms with E-state index in [-0.39, 0.29) is 11.8 Å². The van der Waals surface area contributed by atoms with Gasteiger partial charge in [-0.2, -0.15) is 5.10 Å². The van der Waals surface area contributed by atoms with Crippen molar-refractivity contribution in [1.29, 1.82) is 0 Å². The van der Waals surface area contributed by atoms with Crippen molar-refractivity contribution in [3.63, 3.8) is 0 Å². The maximum atomic E-state index is 7.46. The third kappa shape index (κ3) is 4.05. The van der Waals surface area contributed by atoms with Crippen molar-refractivity contribution >= 4 is 19.1 Å². The van der Waals surface area contributed by atoms with Crippen LogP contribution in [0.3, 0.4) is 0 Å². The Kier molecular flexibility index (Phi) is 4.19. The molecular weight excluding hydrogens is 372 g/mol. The van der Waals surface area contributed by atoms with Crippen LogP contribution in [0.4, 0.5) is 0 Å². The van der Waals surface area contributed by atoms with Gasteiger partial charge in [-0.05, 0) is 18.9 Å². The molecule has 3 heterocycles. The molecule has 8 nitrogen and oxygen atoms in total. The third-order valence-corrected chi connectivity index (χ3v) is 6.44. The van der Waals surface area contributed by atoms with Crippen LogP contribution in [-0.2, 0) is 11.5 Å². The Bertz CT molecular complexity index is 1080. The standard InChI is InChI=1S/C19H26N6O2Si/c1-26-19-16(17(13-5-6-13)21-11-22-19)18-20-10-15-14(24-18)9-23-25(15)12-27-7-8-28(2,3)4/h9-11,13H,5-8,12H2,1-4H3/i1D3. The molecule has 0 aliphatic heterocycles. The van der Waals surface area contributed by atoms with Crippen LogP contribution in [0.5, 0.6) is 5.88 Å². The number of methoxy groups -OCH3 is 1. The van der Waals surface area contributed by atoms with E-state index in [2.05, 4.69) is 44.7 Å². The Morgan fingerprint density at radius 1 is 1.21 bits per heavy atom. The van der Waals surface area contributed by atoms with Crippen molar-refractivity contribution < 1.29 is 13.6 Å². The first kappa shape index (κ1) is 15.5. The van der Waals surface area contributed by atoms with Crippen LogP contribution < -0.4 is 4.74 Å². The molecule has 9 heteroatoms. The topological polar surface area (TPSA) is 87.8 Å². The van der Waals surface area contributed by atoms with Crippen molar-refractivity contribution in [1.82, 2.24) is 29.7 Å². The van der Waals surface area contributed by atoms with Gasteiger partial charge in [0.25, 0.3) is 0 Å². The van der Waals surface area contributed by atoms with Gasteiger partial charge in [-0.3, -0.25) is 0 Å². The lowest BCUT2D eigenvalue weighted by Gasteiger charge is -2.15. The van der Waals surface area contributed by atoms with Crippen molar-refractivity contribution in [3.05, 3.63) is 24.4 Å². The lowest BCUT2D eigenvalue weighted by atomic mass is 10.1. The fraction of sp³-hybridized carbons (Fsp3) is 0.526. The van der Waals surface area contributed by atoms with Gasteiger partial charge >= 0.3 is 0 Å². The van der Waals surface area contributed by atoms with E-state index in [1.54, 1.807) is 17.1 Å². The Morgan fingerprint density at radius 3 is 2.82 bits per heavy atom. The zero-order chi connectivity index (χ0) is 22.2. The van der Waals surface area contributed by atoms with E-state index in [0.717, 1.165) is 30.1 Å². The lowest BCUT2D eigenvalue weighted by Crippen LogP contribution is -2.22. The molecule has 3 aromatic rings. The van der Waals surface area contributed by atoms with E-state index in [1.165, 1.54) is 6.33 Å². The van der Waals surface area contributed by atoms with Gasteiger partial charge in [0.05, 0.1) is 29.2 Å². The number of fused-ring (bicyclic) bond motifs is 1. The second kappa shape index (κ2) is 7.55. The Morgan fingerprint density at radius 2 is 2.07 bits per heavy atom. The van der Waals surface area contributed by atoms with Gasteiger partial charge in [0.1, 0.15) is 29.7 Å². The molecule has 0 atom stereocenters. The molecule has 148 valence electrons. The Labute approximate surface area is 169 Å². The zero-order valence-corrected chi connectivity index (χ0v) is 17.3. The summed E-state index contributed by atoms with van der Waals surface area (Å²) in [5.74, 6) is 0.533. The number of hydrogen-bond acceptors (Lipinski definition) is 7. The fourth-order valence-electron chi connectivity index (χ4n) is 2.96. The number of rotatable bonds is 8. The van der Waals surface area contributed by atoms with Crippen molar-refractivity contribution in [2.24, 2.45) is 0 Å². The minimum absolute atomic E-state index is 0.0293. The monoisotopic (exact) mass is 401 g/mol. The highest BCUT2D eigenvalue weighted by atomic mass is 28.3. The summed E-state index contributed by atoms with van der Waals surface area (Å²) >= 11 is 0. The van der Waals surface area contributed by atoms with E-state index in [9.17, 15) is 0 Å². The summed E-state index contributed by atoms with van der Waals surface area (Å²) in [4.78, 5) is 17.5. The number of aromatic nitrogens is 6. The SMILES string of the molecule is [2H]C([2H])([2H])Oc1ncnc(C2CC2)c1-c1ncc2c(cnn2COCC[Si](C)(C)C)n1. The molecule has 1 fully saturated rings. The average Bonchev–Trinajstić information content (AvgIpc) is 3.44. The molecule has 0 amide bonds. The van der Waals surface area contributed by atoms with Crippen LogP contribution >= 0.6 is 0 Å². The largest absolute Gasteiger partial charge is 0.480 e. The minimum atomic E-state index is -2.63. The number of ether oxygens (including phenoxy) is 2. The summed E-state index contributed by atoms with van der Waals surface area (Å²) in [5.41, 5.74) is 2.52. The maximum Gasteiger partial charge on any atom is 0.227 e. The molecule has 28 heavy (non-hydrogen) atoms. The van der Waals surface area contributed by atoms with E-state index in [1.807, 2.05) is 0 Å². The molecule has 0 saturated heterocycles. The quantitative estimate of drug-likeness (QED) is 0.422. The van der Waals surface area contributed by atoms with Gasteiger partial charge in [-0.15, -0.1) is 0 Å². The van der Waals surface area contributed by atoms with Crippen molar-refractivity contribution in [3.8, 4) is 17.3 Å². The molecular formula is C19H26N6O2Si. The number of nitrogens with zero attached hydrogens (tertiary/aromatic N) is 6. The average molecular weight is 402 g/mol. The van der Waals surface area contributed by atoms with Crippen LogP contribution in [0.2, 0.25) is 25.7 Å². The summed E-state index contributed by atoms with van der Waals surface area (Å²) in [6.45, 7) is 7.94. The van der Waals surface area contributed by atoms with Crippen LogP contribution in [0.15, 0.2) is 18.7 Å². The molecule has 0 unspecified atom stereocenters. The number of hydrogen-bond donors (Lipinski definition) is 0. The molecule has 1 saturated carbocycles. The van der Waals surface area contributed by atoms with E-state index in [0.29, 0.717) is 30.2 Å². The normalized spacial score (nSPS) is 16.6. The second-order valence-electron chi connectivity index (χ2n) is 8.27. The van der Waals surface area contributed by atoms with Gasteiger partial charge in [0.2, 0.25) is 5.88 Å². The van der Waals surface area contributed by atoms with Crippen molar-refractivity contribution in [2.45, 2.75) is 51.2 Å².